The van der Waals surface area contributed by atoms with Crippen molar-refractivity contribution in [1.29, 1.82) is 0 Å². The van der Waals surface area contributed by atoms with Crippen LogP contribution in [0.1, 0.15) is 0 Å². The fraction of sp³-hybridized carbons (Fsp3) is 0. The van der Waals surface area contributed by atoms with Crippen molar-refractivity contribution < 1.29 is 4.92 Å². The number of nitro groups is 1. The highest BCUT2D eigenvalue weighted by Crippen LogP contribution is 2.36. The summed E-state index contributed by atoms with van der Waals surface area (Å²) < 4.78 is 0.977. The number of halogens is 1. The van der Waals surface area contributed by atoms with E-state index < -0.39 is 4.92 Å². The first-order valence-electron chi connectivity index (χ1n) is 7.62. The number of aromatic nitrogens is 2. The first-order chi connectivity index (χ1) is 12.6. The molecule has 0 radical (unpaired) electrons. The Hall–Kier alpha value is -2.84. The number of anilines is 2. The standard InChI is InChI=1S/C18H11BrN4O2S/c19-12-2-1-3-13(8-12)22-17-15-9-16(26-18(15)21-10-20-17)11-4-6-14(7-5-11)23(24)25/h1-10H,(H,20,21,22). The largest absolute Gasteiger partial charge is 0.340 e. The second kappa shape index (κ2) is 6.81. The normalized spacial score (nSPS) is 10.8. The van der Waals surface area contributed by atoms with E-state index in [1.807, 2.05) is 30.3 Å². The summed E-state index contributed by atoms with van der Waals surface area (Å²) in [5, 5.41) is 15.0. The Morgan fingerprint density at radius 3 is 2.62 bits per heavy atom. The highest BCUT2D eigenvalue weighted by Gasteiger charge is 2.12. The van der Waals surface area contributed by atoms with Gasteiger partial charge in [-0.05, 0) is 42.0 Å². The molecule has 0 atom stereocenters. The Morgan fingerprint density at radius 1 is 1.08 bits per heavy atom. The number of hydrogen-bond donors (Lipinski definition) is 1. The monoisotopic (exact) mass is 426 g/mol. The van der Waals surface area contributed by atoms with Gasteiger partial charge in [0.2, 0.25) is 0 Å². The number of nitrogens with one attached hydrogen (secondary N) is 1. The molecule has 0 bridgehead atoms. The maximum atomic E-state index is 10.8. The first kappa shape index (κ1) is 16.6. The molecule has 4 aromatic rings. The van der Waals surface area contributed by atoms with E-state index in [0.29, 0.717) is 0 Å². The molecule has 0 unspecified atom stereocenters. The van der Waals surface area contributed by atoms with Gasteiger partial charge in [-0.15, -0.1) is 11.3 Å². The lowest BCUT2D eigenvalue weighted by Gasteiger charge is -2.06. The van der Waals surface area contributed by atoms with E-state index in [1.54, 1.807) is 12.1 Å². The van der Waals surface area contributed by atoms with E-state index in [4.69, 9.17) is 0 Å². The molecule has 8 heteroatoms. The number of rotatable bonds is 4. The second-order valence-corrected chi connectivity index (χ2v) is 7.44. The van der Waals surface area contributed by atoms with Crippen LogP contribution in [-0.2, 0) is 0 Å². The minimum Gasteiger partial charge on any atom is -0.340 e. The number of hydrogen-bond acceptors (Lipinski definition) is 6. The van der Waals surface area contributed by atoms with Gasteiger partial charge in [-0.1, -0.05) is 22.0 Å². The molecular formula is C18H11BrN4O2S. The van der Waals surface area contributed by atoms with Crippen molar-refractivity contribution in [3.8, 4) is 10.4 Å². The smallest absolute Gasteiger partial charge is 0.269 e. The quantitative estimate of drug-likeness (QED) is 0.330. The van der Waals surface area contributed by atoms with Crippen molar-refractivity contribution in [2.75, 3.05) is 5.32 Å². The molecule has 4 rings (SSSR count). The minimum atomic E-state index is -0.403. The van der Waals surface area contributed by atoms with Crippen LogP contribution in [0.25, 0.3) is 20.7 Å². The average Bonchev–Trinajstić information content (AvgIpc) is 3.07. The van der Waals surface area contributed by atoms with Gasteiger partial charge < -0.3 is 5.32 Å². The zero-order valence-corrected chi connectivity index (χ0v) is 15.6. The van der Waals surface area contributed by atoms with Crippen LogP contribution in [0.3, 0.4) is 0 Å². The van der Waals surface area contributed by atoms with Crippen LogP contribution < -0.4 is 5.32 Å². The topological polar surface area (TPSA) is 81.0 Å². The summed E-state index contributed by atoms with van der Waals surface area (Å²) >= 11 is 4.98. The molecule has 2 aromatic heterocycles. The van der Waals surface area contributed by atoms with Gasteiger partial charge in [0.1, 0.15) is 17.0 Å². The number of nitro benzene ring substituents is 1. The molecule has 2 heterocycles. The van der Waals surface area contributed by atoms with Crippen LogP contribution in [0.4, 0.5) is 17.2 Å². The molecule has 1 N–H and O–H groups in total. The summed E-state index contributed by atoms with van der Waals surface area (Å²) in [7, 11) is 0. The number of non-ortho nitro benzene ring substituents is 1. The summed E-state index contributed by atoms with van der Waals surface area (Å²) in [6.45, 7) is 0. The van der Waals surface area contributed by atoms with E-state index in [-0.39, 0.29) is 5.69 Å². The zero-order chi connectivity index (χ0) is 18.1. The van der Waals surface area contributed by atoms with Gasteiger partial charge in [0.25, 0.3) is 5.69 Å². The van der Waals surface area contributed by atoms with Crippen molar-refractivity contribution in [2.45, 2.75) is 0 Å². The third-order valence-corrected chi connectivity index (χ3v) is 5.36. The predicted octanol–water partition coefficient (Wildman–Crippen LogP) is 5.77. The van der Waals surface area contributed by atoms with Gasteiger partial charge >= 0.3 is 0 Å². The highest BCUT2D eigenvalue weighted by atomic mass is 79.9. The maximum absolute atomic E-state index is 10.8. The van der Waals surface area contributed by atoms with Gasteiger partial charge in [0.15, 0.2) is 0 Å². The predicted molar refractivity (Wildman–Crippen MR) is 107 cm³/mol. The number of fused-ring (bicyclic) bond motifs is 1. The molecule has 0 saturated carbocycles. The van der Waals surface area contributed by atoms with Crippen LogP contribution in [0.15, 0.2) is 65.4 Å². The molecule has 0 aliphatic rings. The van der Waals surface area contributed by atoms with Crippen LogP contribution in [0.2, 0.25) is 0 Å². The Kier molecular flexibility index (Phi) is 4.36. The van der Waals surface area contributed by atoms with Gasteiger partial charge in [0, 0.05) is 27.2 Å². The van der Waals surface area contributed by atoms with E-state index >= 15 is 0 Å². The van der Waals surface area contributed by atoms with Crippen molar-refractivity contribution >= 4 is 54.7 Å². The van der Waals surface area contributed by atoms with Crippen LogP contribution in [0, 0.1) is 10.1 Å². The number of benzene rings is 2. The molecule has 0 fully saturated rings. The maximum Gasteiger partial charge on any atom is 0.269 e. The van der Waals surface area contributed by atoms with E-state index in [9.17, 15) is 10.1 Å². The third-order valence-electron chi connectivity index (χ3n) is 3.78. The minimum absolute atomic E-state index is 0.0756. The number of nitrogens with zero attached hydrogens (tertiary/aromatic N) is 3. The SMILES string of the molecule is O=[N+]([O-])c1ccc(-c2cc3c(Nc4cccc(Br)c4)ncnc3s2)cc1. The van der Waals surface area contributed by atoms with Crippen molar-refractivity contribution in [1.82, 2.24) is 9.97 Å². The van der Waals surface area contributed by atoms with Gasteiger partial charge in [-0.3, -0.25) is 10.1 Å². The van der Waals surface area contributed by atoms with E-state index in [2.05, 4.69) is 31.2 Å². The molecule has 0 saturated heterocycles. The summed E-state index contributed by atoms with van der Waals surface area (Å²) in [6, 6.07) is 16.3. The molecule has 6 nitrogen and oxygen atoms in total. The fourth-order valence-corrected chi connectivity index (χ4v) is 3.95. The summed E-state index contributed by atoms with van der Waals surface area (Å²) in [5.74, 6) is 0.720. The zero-order valence-electron chi connectivity index (χ0n) is 13.2. The molecular weight excluding hydrogens is 416 g/mol. The summed E-state index contributed by atoms with van der Waals surface area (Å²) in [5.41, 5.74) is 1.90. The van der Waals surface area contributed by atoms with Crippen molar-refractivity contribution in [3.63, 3.8) is 0 Å². The molecule has 0 spiro atoms. The lowest BCUT2D eigenvalue weighted by molar-refractivity contribution is -0.384. The molecule has 0 aliphatic carbocycles. The van der Waals surface area contributed by atoms with Crippen LogP contribution in [0.5, 0.6) is 0 Å². The van der Waals surface area contributed by atoms with E-state index in [1.165, 1.54) is 29.8 Å². The van der Waals surface area contributed by atoms with Crippen molar-refractivity contribution in [3.05, 3.63) is 75.5 Å². The van der Waals surface area contributed by atoms with Crippen LogP contribution in [-0.4, -0.2) is 14.9 Å². The molecule has 128 valence electrons. The van der Waals surface area contributed by atoms with Gasteiger partial charge in [0.05, 0.1) is 10.3 Å². The molecule has 0 amide bonds. The Morgan fingerprint density at radius 2 is 1.88 bits per heavy atom. The lowest BCUT2D eigenvalue weighted by atomic mass is 10.1. The average molecular weight is 427 g/mol. The summed E-state index contributed by atoms with van der Waals surface area (Å²) in [6.07, 6.45) is 1.53. The van der Waals surface area contributed by atoms with Crippen LogP contribution >= 0.6 is 27.3 Å². The first-order valence-corrected chi connectivity index (χ1v) is 9.23. The third kappa shape index (κ3) is 3.29. The Bertz CT molecular complexity index is 1110. The Labute approximate surface area is 160 Å². The van der Waals surface area contributed by atoms with Gasteiger partial charge in [-0.25, -0.2) is 9.97 Å². The van der Waals surface area contributed by atoms with Gasteiger partial charge in [-0.2, -0.15) is 0 Å². The second-order valence-electron chi connectivity index (χ2n) is 5.49. The highest BCUT2D eigenvalue weighted by molar-refractivity contribution is 9.10. The fourth-order valence-electron chi connectivity index (χ4n) is 2.55. The van der Waals surface area contributed by atoms with Crippen molar-refractivity contribution in [2.24, 2.45) is 0 Å². The number of thiophene rings is 1. The summed E-state index contributed by atoms with van der Waals surface area (Å²) in [4.78, 5) is 20.9. The Balaban J connectivity index is 1.72. The lowest BCUT2D eigenvalue weighted by Crippen LogP contribution is -1.94. The molecule has 2 aromatic carbocycles. The molecule has 26 heavy (non-hydrogen) atoms. The van der Waals surface area contributed by atoms with E-state index in [0.717, 1.165) is 36.6 Å². The molecule has 0 aliphatic heterocycles.